The van der Waals surface area contributed by atoms with Crippen LogP contribution in [0.4, 0.5) is 0 Å². The average Bonchev–Trinajstić information content (AvgIpc) is 3.30. The lowest BCUT2D eigenvalue weighted by atomic mass is 9.81. The lowest BCUT2D eigenvalue weighted by molar-refractivity contribution is -0.109. The number of carbonyl (C=O) groups excluding carboxylic acids is 2. The van der Waals surface area contributed by atoms with Gasteiger partial charge in [-0.3, -0.25) is 9.52 Å². The van der Waals surface area contributed by atoms with E-state index in [-0.39, 0.29) is 11.3 Å². The number of amides is 1. The Balaban J connectivity index is 0.000000537. The summed E-state index contributed by atoms with van der Waals surface area (Å²) in [5.41, 5.74) is 9.73. The van der Waals surface area contributed by atoms with Gasteiger partial charge >= 0.3 is 0 Å². The molecule has 1 aromatic heterocycles. The quantitative estimate of drug-likeness (QED) is 0.198. The van der Waals surface area contributed by atoms with Crippen molar-refractivity contribution in [3.05, 3.63) is 77.0 Å². The summed E-state index contributed by atoms with van der Waals surface area (Å²) in [6.07, 6.45) is 10.3. The highest BCUT2D eigenvalue weighted by molar-refractivity contribution is 7.95. The van der Waals surface area contributed by atoms with Crippen LogP contribution in [0.3, 0.4) is 0 Å². The second-order valence-corrected chi connectivity index (χ2v) is 15.8. The van der Waals surface area contributed by atoms with Crippen LogP contribution in [-0.4, -0.2) is 78.2 Å². The third kappa shape index (κ3) is 9.68. The van der Waals surface area contributed by atoms with Crippen molar-refractivity contribution < 1.29 is 9.59 Å². The van der Waals surface area contributed by atoms with Gasteiger partial charge in [0.15, 0.2) is 0 Å². The number of hydrogen-bond donors (Lipinski definition) is 1. The first kappa shape index (κ1) is 38.5. The topological polar surface area (TPSA) is 60.8 Å². The van der Waals surface area contributed by atoms with Crippen LogP contribution < -0.4 is 4.72 Å². The van der Waals surface area contributed by atoms with Crippen LogP contribution in [0.5, 0.6) is 0 Å². The molecule has 2 aliphatic heterocycles. The number of rotatable bonds is 7. The molecule has 0 radical (unpaired) electrons. The van der Waals surface area contributed by atoms with Gasteiger partial charge in [0, 0.05) is 72.5 Å². The summed E-state index contributed by atoms with van der Waals surface area (Å²) in [7, 11) is 6.04. The van der Waals surface area contributed by atoms with Gasteiger partial charge < -0.3 is 19.2 Å². The Morgan fingerprint density at radius 1 is 1.02 bits per heavy atom. The maximum Gasteiger partial charge on any atom is 0.262 e. The minimum atomic E-state index is -0.0676. The lowest BCUT2D eigenvalue weighted by Crippen LogP contribution is -2.44. The molecular weight excluding hydrogens is 627 g/mol. The molecule has 1 aliphatic carbocycles. The van der Waals surface area contributed by atoms with Gasteiger partial charge in [-0.25, -0.2) is 4.31 Å². The van der Waals surface area contributed by atoms with Gasteiger partial charge in [0.05, 0.1) is 12.2 Å². The summed E-state index contributed by atoms with van der Waals surface area (Å²) in [4.78, 5) is 27.8. The Morgan fingerprint density at radius 3 is 2.31 bits per heavy atom. The van der Waals surface area contributed by atoms with Gasteiger partial charge in [-0.1, -0.05) is 90.8 Å². The molecule has 0 unspecified atom stereocenters. The molecule has 0 spiro atoms. The number of aldehydes is 1. The molecule has 0 atom stereocenters. The maximum atomic E-state index is 13.1. The third-order valence-corrected chi connectivity index (χ3v) is 10.2. The Hall–Kier alpha value is -3.33. The van der Waals surface area contributed by atoms with E-state index in [0.717, 1.165) is 50.2 Å². The molecule has 3 aliphatic rings. The molecule has 1 amide bonds. The highest BCUT2D eigenvalue weighted by Gasteiger charge is 2.30. The zero-order valence-electron chi connectivity index (χ0n) is 31.3. The van der Waals surface area contributed by atoms with Crippen LogP contribution in [0.1, 0.15) is 101 Å². The first-order chi connectivity index (χ1) is 23.5. The molecule has 266 valence electrons. The van der Waals surface area contributed by atoms with Crippen molar-refractivity contribution in [1.29, 1.82) is 0 Å². The summed E-state index contributed by atoms with van der Waals surface area (Å²) in [6.45, 7) is 19.6. The van der Waals surface area contributed by atoms with E-state index >= 15 is 0 Å². The molecule has 6 rings (SSSR count). The first-order valence-corrected chi connectivity index (χ1v) is 18.9. The van der Waals surface area contributed by atoms with E-state index in [1.54, 1.807) is 0 Å². The molecule has 3 heterocycles. The fourth-order valence-electron chi connectivity index (χ4n) is 6.91. The van der Waals surface area contributed by atoms with E-state index in [2.05, 4.69) is 75.2 Å². The number of benzene rings is 2. The van der Waals surface area contributed by atoms with Crippen molar-refractivity contribution in [2.75, 3.05) is 47.3 Å². The number of allylic oxidation sites excluding steroid dienone is 1. The summed E-state index contributed by atoms with van der Waals surface area (Å²) >= 11 is 1.31. The Labute approximate surface area is 300 Å². The van der Waals surface area contributed by atoms with Crippen molar-refractivity contribution in [3.8, 4) is 11.3 Å². The summed E-state index contributed by atoms with van der Waals surface area (Å²) in [6, 6.07) is 15.2. The van der Waals surface area contributed by atoms with Crippen LogP contribution in [-0.2, 0) is 11.3 Å². The molecule has 2 aromatic carbocycles. The van der Waals surface area contributed by atoms with E-state index in [1.165, 1.54) is 77.6 Å². The number of nitrogens with zero attached hydrogens (tertiary/aromatic N) is 4. The zero-order valence-corrected chi connectivity index (χ0v) is 32.1. The fraction of sp³-hybridized carbons (Fsp3) is 0.512. The predicted octanol–water partition coefficient (Wildman–Crippen LogP) is 9.02. The molecule has 49 heavy (non-hydrogen) atoms. The van der Waals surface area contributed by atoms with E-state index < -0.39 is 0 Å². The smallest absolute Gasteiger partial charge is 0.262 e. The molecule has 2 fully saturated rings. The van der Waals surface area contributed by atoms with E-state index in [4.69, 9.17) is 0 Å². The second-order valence-electron chi connectivity index (χ2n) is 14.7. The normalized spacial score (nSPS) is 16.7. The number of aromatic nitrogens is 1. The van der Waals surface area contributed by atoms with Crippen molar-refractivity contribution in [1.82, 2.24) is 23.4 Å². The first-order valence-electron chi connectivity index (χ1n) is 18.1. The molecule has 1 N–H and O–H groups in total. The van der Waals surface area contributed by atoms with Gasteiger partial charge in [-0.15, -0.1) is 0 Å². The van der Waals surface area contributed by atoms with Crippen LogP contribution >= 0.6 is 12.1 Å². The third-order valence-electron chi connectivity index (χ3n) is 9.53. The van der Waals surface area contributed by atoms with Gasteiger partial charge in [-0.2, -0.15) is 0 Å². The van der Waals surface area contributed by atoms with Gasteiger partial charge in [0.1, 0.15) is 6.29 Å². The molecule has 7 nitrogen and oxygen atoms in total. The number of likely N-dealkylation sites (N-methyl/N-ethyl adjacent to an activating group) is 1. The number of hydrogen-bond acceptors (Lipinski definition) is 6. The highest BCUT2D eigenvalue weighted by atomic mass is 32.2. The molecule has 3 aromatic rings. The van der Waals surface area contributed by atoms with Crippen molar-refractivity contribution in [3.63, 3.8) is 0 Å². The standard InChI is InChI=1S/C33H41N5OS.C6H12O.C2H6/c1-23(37-18-16-36(4)17-19-37)27-20-25-12-8-9-13-28(25)32-31(24-10-6-5-7-11-24)29-15-14-26(21-30(29)38(32)22-27)33(39)34-40-35(2)3;1-6(2,3)4-5-7;1-2/h8-9,12-15,20-21,24H,1,5-7,10-11,16-19,22H2,2-4H3,(H,34,39);5H,4H2,1-3H3;1-2H3. The number of carbonyl (C=O) groups is 2. The Morgan fingerprint density at radius 2 is 1.69 bits per heavy atom. The van der Waals surface area contributed by atoms with Gasteiger partial charge in [-0.05, 0) is 80.2 Å². The van der Waals surface area contributed by atoms with Crippen LogP contribution in [0, 0.1) is 5.41 Å². The largest absolute Gasteiger partial charge is 0.369 e. The fourth-order valence-corrected chi connectivity index (χ4v) is 7.30. The second kappa shape index (κ2) is 17.6. The molecule has 0 bridgehead atoms. The zero-order chi connectivity index (χ0) is 35.7. The molecular formula is C41H59N5O2S. The monoisotopic (exact) mass is 685 g/mol. The molecule has 1 saturated heterocycles. The number of nitrogens with one attached hydrogen (secondary N) is 1. The minimum absolute atomic E-state index is 0.0676. The van der Waals surface area contributed by atoms with Gasteiger partial charge in [0.25, 0.3) is 5.91 Å². The average molecular weight is 686 g/mol. The molecule has 1 saturated carbocycles. The van der Waals surface area contributed by atoms with Crippen LogP contribution in [0.15, 0.2) is 60.3 Å². The van der Waals surface area contributed by atoms with Crippen LogP contribution in [0.25, 0.3) is 28.2 Å². The SMILES string of the molecule is C=C(C1=Cc2ccccc2-c2c(C3CCCCC3)c3ccc(C(=O)NSN(C)C)cc3n2C1)N1CCN(C)CC1.CC.CC(C)(C)CC=O. The molecule has 8 heteroatoms. The highest BCUT2D eigenvalue weighted by Crippen LogP contribution is 2.47. The van der Waals surface area contributed by atoms with Crippen LogP contribution in [0.2, 0.25) is 0 Å². The van der Waals surface area contributed by atoms with E-state index in [0.29, 0.717) is 17.9 Å². The van der Waals surface area contributed by atoms with E-state index in [9.17, 15) is 9.59 Å². The Kier molecular flexibility index (Phi) is 13.8. The number of piperazine rings is 1. The minimum Gasteiger partial charge on any atom is -0.369 e. The van der Waals surface area contributed by atoms with Crippen molar-refractivity contribution in [2.24, 2.45) is 5.41 Å². The maximum absolute atomic E-state index is 13.1. The predicted molar refractivity (Wildman–Crippen MR) is 210 cm³/mol. The van der Waals surface area contributed by atoms with Gasteiger partial charge in [0.2, 0.25) is 0 Å². The number of fused-ring (bicyclic) bond motifs is 5. The van der Waals surface area contributed by atoms with Crippen molar-refractivity contribution >= 4 is 41.3 Å². The van der Waals surface area contributed by atoms with Crippen molar-refractivity contribution in [2.45, 2.75) is 85.6 Å². The summed E-state index contributed by atoms with van der Waals surface area (Å²) < 4.78 is 7.36. The van der Waals surface area contributed by atoms with E-state index in [1.807, 2.05) is 59.1 Å². The Bertz CT molecular complexity index is 1620. The summed E-state index contributed by atoms with van der Waals surface area (Å²) in [5, 5.41) is 1.29. The lowest BCUT2D eigenvalue weighted by Gasteiger charge is -2.36. The summed E-state index contributed by atoms with van der Waals surface area (Å²) in [5.74, 6) is 0.467.